The van der Waals surface area contributed by atoms with Crippen LogP contribution < -0.4 is 0 Å². The summed E-state index contributed by atoms with van der Waals surface area (Å²) in [5, 5.41) is 0. The minimum atomic E-state index is -0.565. The van der Waals surface area contributed by atoms with Gasteiger partial charge in [-0.1, -0.05) is 164 Å². The molecule has 7 aromatic carbocycles. The molecule has 2 unspecified atom stereocenters. The van der Waals surface area contributed by atoms with E-state index in [0.29, 0.717) is 0 Å². The minimum Gasteiger partial charge on any atom is -0.207 e. The minimum absolute atomic E-state index is 0.224. The summed E-state index contributed by atoms with van der Waals surface area (Å²) in [6.45, 7) is 0. The first-order chi connectivity index (χ1) is 22.2. The zero-order valence-electron chi connectivity index (χ0n) is 24.6. The fourth-order valence-corrected chi connectivity index (χ4v) is 8.41. The van der Waals surface area contributed by atoms with E-state index in [1.807, 2.05) is 12.1 Å². The summed E-state index contributed by atoms with van der Waals surface area (Å²) in [5.41, 5.74) is 14.0. The predicted octanol–water partition coefficient (Wildman–Crippen LogP) is 10.6. The lowest BCUT2D eigenvalue weighted by molar-refractivity contribution is 0.626. The van der Waals surface area contributed by atoms with Crippen LogP contribution in [0.4, 0.5) is 4.39 Å². The van der Waals surface area contributed by atoms with Crippen LogP contribution in [-0.2, 0) is 10.8 Å². The Morgan fingerprint density at radius 2 is 0.756 bits per heavy atom. The number of benzene rings is 7. The molecule has 0 spiro atoms. The second-order valence-electron chi connectivity index (χ2n) is 12.1. The van der Waals surface area contributed by atoms with Crippen LogP contribution in [0.1, 0.15) is 44.5 Å². The van der Waals surface area contributed by atoms with Gasteiger partial charge in [-0.3, -0.25) is 0 Å². The van der Waals surface area contributed by atoms with E-state index in [1.54, 1.807) is 0 Å². The molecule has 0 fully saturated rings. The Kier molecular flexibility index (Phi) is 5.61. The quantitative estimate of drug-likeness (QED) is 0.196. The largest absolute Gasteiger partial charge is 0.207 e. The summed E-state index contributed by atoms with van der Waals surface area (Å²) in [4.78, 5) is 0. The first kappa shape index (κ1) is 25.9. The van der Waals surface area contributed by atoms with Crippen LogP contribution in [0.3, 0.4) is 0 Å². The van der Waals surface area contributed by atoms with E-state index in [9.17, 15) is 4.39 Å². The standard InChI is InChI=1S/C44H29F/c45-35-28-24-31(25-29-35)30-22-26-34(27-23-30)43(32-12-3-1-4-13-32)39-19-9-10-20-40(39)44(33-14-5-2-6-15-33)38-18-8-7-16-36(38)37-17-11-21-41(43)42(37)44/h1-29H. The lowest BCUT2D eigenvalue weighted by Crippen LogP contribution is -2.44. The maximum absolute atomic E-state index is 13.8. The fraction of sp³-hybridized carbons (Fsp3) is 0.0455. The molecule has 0 amide bonds. The monoisotopic (exact) mass is 576 g/mol. The highest BCUT2D eigenvalue weighted by molar-refractivity contribution is 5.91. The highest BCUT2D eigenvalue weighted by Gasteiger charge is 2.57. The van der Waals surface area contributed by atoms with Crippen LogP contribution >= 0.6 is 0 Å². The SMILES string of the molecule is Fc1ccc(-c2ccc(C3(c4ccccc4)c4ccccc4C4(c5ccccc5)c5ccccc5-c5cccc3c54)cc2)cc1. The molecular weight excluding hydrogens is 547 g/mol. The summed E-state index contributed by atoms with van der Waals surface area (Å²) in [7, 11) is 0. The Bertz CT molecular complexity index is 2200. The average Bonchev–Trinajstić information content (AvgIpc) is 3.42. The van der Waals surface area contributed by atoms with E-state index in [0.717, 1.165) is 11.1 Å². The zero-order valence-corrected chi connectivity index (χ0v) is 24.6. The molecule has 2 aliphatic carbocycles. The number of fused-ring (bicyclic) bond motifs is 5. The smallest absolute Gasteiger partial charge is 0.123 e. The third-order valence-electron chi connectivity index (χ3n) is 10.1. The van der Waals surface area contributed by atoms with Crippen LogP contribution in [0.25, 0.3) is 22.3 Å². The van der Waals surface area contributed by atoms with E-state index in [1.165, 1.54) is 67.8 Å². The van der Waals surface area contributed by atoms with Crippen molar-refractivity contribution in [3.8, 4) is 22.3 Å². The first-order valence-corrected chi connectivity index (χ1v) is 15.6. The molecule has 1 heteroatoms. The van der Waals surface area contributed by atoms with Gasteiger partial charge in [-0.2, -0.15) is 0 Å². The predicted molar refractivity (Wildman–Crippen MR) is 181 cm³/mol. The van der Waals surface area contributed by atoms with Crippen molar-refractivity contribution in [3.63, 3.8) is 0 Å². The fourth-order valence-electron chi connectivity index (χ4n) is 8.41. The normalized spacial score (nSPS) is 19.0. The summed E-state index contributed by atoms with van der Waals surface area (Å²) in [5.74, 6) is -0.224. The van der Waals surface area contributed by atoms with Crippen molar-refractivity contribution in [2.24, 2.45) is 0 Å². The van der Waals surface area contributed by atoms with E-state index in [-0.39, 0.29) is 5.82 Å². The van der Waals surface area contributed by atoms with Crippen molar-refractivity contribution >= 4 is 0 Å². The Morgan fingerprint density at radius 3 is 1.40 bits per heavy atom. The zero-order chi connectivity index (χ0) is 30.0. The first-order valence-electron chi connectivity index (χ1n) is 15.6. The van der Waals surface area contributed by atoms with Gasteiger partial charge in [0.15, 0.2) is 0 Å². The highest BCUT2D eigenvalue weighted by atomic mass is 19.1. The molecule has 0 bridgehead atoms. The number of hydrogen-bond donors (Lipinski definition) is 0. The summed E-state index contributed by atoms with van der Waals surface area (Å²) >= 11 is 0. The Morgan fingerprint density at radius 1 is 0.311 bits per heavy atom. The molecule has 0 radical (unpaired) electrons. The third-order valence-corrected chi connectivity index (χ3v) is 10.1. The van der Waals surface area contributed by atoms with Gasteiger partial charge in [0.1, 0.15) is 5.82 Å². The second kappa shape index (κ2) is 9.74. The molecule has 0 heterocycles. The molecule has 0 saturated carbocycles. The molecular formula is C44H29F. The number of halogens is 1. The molecule has 0 aromatic heterocycles. The van der Waals surface area contributed by atoms with Crippen LogP contribution in [-0.4, -0.2) is 0 Å². The number of hydrogen-bond acceptors (Lipinski definition) is 0. The van der Waals surface area contributed by atoms with Crippen molar-refractivity contribution in [1.29, 1.82) is 0 Å². The van der Waals surface area contributed by atoms with Gasteiger partial charge in [0, 0.05) is 0 Å². The lowest BCUT2D eigenvalue weighted by Gasteiger charge is -2.49. The van der Waals surface area contributed by atoms with Gasteiger partial charge in [-0.05, 0) is 78.9 Å². The van der Waals surface area contributed by atoms with Gasteiger partial charge in [0.25, 0.3) is 0 Å². The van der Waals surface area contributed by atoms with Crippen molar-refractivity contribution in [2.45, 2.75) is 10.8 Å². The van der Waals surface area contributed by atoms with Gasteiger partial charge < -0.3 is 0 Å². The van der Waals surface area contributed by atoms with Crippen LogP contribution in [0.15, 0.2) is 176 Å². The second-order valence-corrected chi connectivity index (χ2v) is 12.1. The van der Waals surface area contributed by atoms with E-state index < -0.39 is 10.8 Å². The van der Waals surface area contributed by atoms with Crippen LogP contribution in [0.5, 0.6) is 0 Å². The molecule has 9 rings (SSSR count). The van der Waals surface area contributed by atoms with Crippen molar-refractivity contribution in [3.05, 3.63) is 226 Å². The van der Waals surface area contributed by atoms with Gasteiger partial charge in [-0.25, -0.2) is 4.39 Å². The third kappa shape index (κ3) is 3.41. The molecule has 2 aliphatic rings. The van der Waals surface area contributed by atoms with Gasteiger partial charge >= 0.3 is 0 Å². The van der Waals surface area contributed by atoms with E-state index in [2.05, 4.69) is 152 Å². The van der Waals surface area contributed by atoms with Gasteiger partial charge in [0.2, 0.25) is 0 Å². The average molecular weight is 577 g/mol. The Balaban J connectivity index is 1.43. The van der Waals surface area contributed by atoms with E-state index in [4.69, 9.17) is 0 Å². The molecule has 212 valence electrons. The molecule has 0 nitrogen and oxygen atoms in total. The molecule has 0 N–H and O–H groups in total. The van der Waals surface area contributed by atoms with E-state index >= 15 is 0 Å². The van der Waals surface area contributed by atoms with Crippen molar-refractivity contribution in [1.82, 2.24) is 0 Å². The topological polar surface area (TPSA) is 0 Å². The summed E-state index contributed by atoms with van der Waals surface area (Å²) in [6.07, 6.45) is 0. The highest BCUT2D eigenvalue weighted by Crippen LogP contribution is 2.65. The number of rotatable bonds is 4. The molecule has 45 heavy (non-hydrogen) atoms. The van der Waals surface area contributed by atoms with Crippen molar-refractivity contribution in [2.75, 3.05) is 0 Å². The maximum Gasteiger partial charge on any atom is 0.123 e. The molecule has 0 aliphatic heterocycles. The van der Waals surface area contributed by atoms with Crippen molar-refractivity contribution < 1.29 is 4.39 Å². The van der Waals surface area contributed by atoms with Crippen LogP contribution in [0.2, 0.25) is 0 Å². The molecule has 0 saturated heterocycles. The lowest BCUT2D eigenvalue weighted by atomic mass is 9.51. The Labute approximate surface area is 263 Å². The summed E-state index contributed by atoms with van der Waals surface area (Å²) in [6, 6.07) is 62.7. The molecule has 2 atom stereocenters. The molecule has 7 aromatic rings. The van der Waals surface area contributed by atoms with Crippen LogP contribution in [0, 0.1) is 5.82 Å². The van der Waals surface area contributed by atoms with Gasteiger partial charge in [-0.15, -0.1) is 0 Å². The maximum atomic E-state index is 13.8. The van der Waals surface area contributed by atoms with Gasteiger partial charge in [0.05, 0.1) is 10.8 Å². The Hall–Kier alpha value is -5.53. The summed E-state index contributed by atoms with van der Waals surface area (Å²) < 4.78 is 13.8.